The van der Waals surface area contributed by atoms with Gasteiger partial charge in [-0.3, -0.25) is 0 Å². The van der Waals surface area contributed by atoms with Gasteiger partial charge in [-0.1, -0.05) is 26.8 Å². The van der Waals surface area contributed by atoms with Gasteiger partial charge in [-0.05, 0) is 69.2 Å². The number of piperazine rings is 1. The number of halogens is 2. The Balaban J connectivity index is 1.73. The minimum Gasteiger partial charge on any atom is -0.444 e. The van der Waals surface area contributed by atoms with E-state index in [1.807, 2.05) is 26.8 Å². The first-order valence-corrected chi connectivity index (χ1v) is 12.5. The minimum absolute atomic E-state index is 0.0402. The molecule has 8 heteroatoms. The van der Waals surface area contributed by atoms with E-state index >= 15 is 0 Å². The Morgan fingerprint density at radius 3 is 2.54 bits per heavy atom. The van der Waals surface area contributed by atoms with Crippen molar-refractivity contribution in [2.45, 2.75) is 77.4 Å². The third kappa shape index (κ3) is 4.77. The fourth-order valence-electron chi connectivity index (χ4n) is 5.61. The fraction of sp³-hybridized carbons (Fsp3) is 0.593. The molecule has 3 atom stereocenters. The predicted octanol–water partition coefficient (Wildman–Crippen LogP) is 5.42. The highest BCUT2D eigenvalue weighted by Gasteiger charge is 2.51. The molecule has 1 fully saturated rings. The van der Waals surface area contributed by atoms with E-state index in [0.29, 0.717) is 25.6 Å². The van der Waals surface area contributed by atoms with Crippen LogP contribution in [-0.2, 0) is 10.2 Å². The number of rotatable bonds is 4. The zero-order valence-corrected chi connectivity index (χ0v) is 21.5. The highest BCUT2D eigenvalue weighted by molar-refractivity contribution is 5.68. The fourth-order valence-corrected chi connectivity index (χ4v) is 5.61. The zero-order chi connectivity index (χ0) is 25.5. The first-order valence-electron chi connectivity index (χ1n) is 12.5. The standard InChI is InChI=1S/C27H36F2N4O2/c1-7-27(22-15-33(12-11-30-22)25(34)35-26(4,5)6)14-18(16(2)3)17-13-21(31-32-24(17)27)23-19(28)9-8-10-20(23)29/h8-10,13,16,18,22,30H,7,11-12,14-15H2,1-6H3/t18-,22+,27+/m1/s1. The van der Waals surface area contributed by atoms with Gasteiger partial charge in [-0.15, -0.1) is 0 Å². The predicted molar refractivity (Wildman–Crippen MR) is 131 cm³/mol. The van der Waals surface area contributed by atoms with E-state index in [9.17, 15) is 13.6 Å². The number of nitrogens with one attached hydrogen (secondary N) is 1. The van der Waals surface area contributed by atoms with Gasteiger partial charge >= 0.3 is 6.09 Å². The average molecular weight is 487 g/mol. The van der Waals surface area contributed by atoms with Gasteiger partial charge in [0.15, 0.2) is 0 Å². The number of hydrogen-bond donors (Lipinski definition) is 1. The molecule has 1 N–H and O–H groups in total. The normalized spacial score (nSPS) is 24.5. The molecular weight excluding hydrogens is 450 g/mol. The van der Waals surface area contributed by atoms with E-state index in [0.717, 1.165) is 24.1 Å². The van der Waals surface area contributed by atoms with E-state index < -0.39 is 17.2 Å². The summed E-state index contributed by atoms with van der Waals surface area (Å²) in [6.45, 7) is 13.8. The van der Waals surface area contributed by atoms with Gasteiger partial charge in [0.05, 0.1) is 17.0 Å². The van der Waals surface area contributed by atoms with Crippen molar-refractivity contribution in [3.8, 4) is 11.3 Å². The smallest absolute Gasteiger partial charge is 0.410 e. The molecule has 1 aromatic carbocycles. The second kappa shape index (κ2) is 9.45. The maximum Gasteiger partial charge on any atom is 0.410 e. The van der Waals surface area contributed by atoms with E-state index in [-0.39, 0.29) is 34.7 Å². The van der Waals surface area contributed by atoms with Crippen molar-refractivity contribution in [2.24, 2.45) is 5.92 Å². The number of benzene rings is 1. The number of carbonyl (C=O) groups excluding carboxylic acids is 1. The van der Waals surface area contributed by atoms with Crippen molar-refractivity contribution in [3.63, 3.8) is 0 Å². The molecule has 0 unspecified atom stereocenters. The van der Waals surface area contributed by atoms with Crippen LogP contribution in [0.15, 0.2) is 24.3 Å². The van der Waals surface area contributed by atoms with E-state index in [1.165, 1.54) is 18.2 Å². The lowest BCUT2D eigenvalue weighted by atomic mass is 9.73. The third-order valence-electron chi connectivity index (χ3n) is 7.43. The summed E-state index contributed by atoms with van der Waals surface area (Å²) in [5.41, 5.74) is 1.000. The Kier molecular flexibility index (Phi) is 6.88. The second-order valence-corrected chi connectivity index (χ2v) is 11.1. The lowest BCUT2D eigenvalue weighted by Crippen LogP contribution is -2.60. The van der Waals surface area contributed by atoms with E-state index in [2.05, 4.69) is 36.3 Å². The van der Waals surface area contributed by atoms with Gasteiger partial charge in [0, 0.05) is 31.1 Å². The van der Waals surface area contributed by atoms with Crippen LogP contribution in [-0.4, -0.2) is 52.5 Å². The topological polar surface area (TPSA) is 67.3 Å². The van der Waals surface area contributed by atoms with Crippen molar-refractivity contribution in [1.29, 1.82) is 0 Å². The van der Waals surface area contributed by atoms with Crippen molar-refractivity contribution in [1.82, 2.24) is 20.4 Å². The Labute approximate surface area is 206 Å². The minimum atomic E-state index is -0.651. The quantitative estimate of drug-likeness (QED) is 0.625. The van der Waals surface area contributed by atoms with Crippen molar-refractivity contribution in [3.05, 3.63) is 47.2 Å². The summed E-state index contributed by atoms with van der Waals surface area (Å²) in [6.07, 6.45) is 1.31. The monoisotopic (exact) mass is 486 g/mol. The molecule has 2 heterocycles. The van der Waals surface area contributed by atoms with E-state index in [4.69, 9.17) is 4.74 Å². The Bertz CT molecular complexity index is 1080. The number of aromatic nitrogens is 2. The average Bonchev–Trinajstić information content (AvgIpc) is 3.13. The molecule has 0 bridgehead atoms. The first-order chi connectivity index (χ1) is 16.5. The summed E-state index contributed by atoms with van der Waals surface area (Å²) in [4.78, 5) is 14.6. The molecule has 6 nitrogen and oxygen atoms in total. The molecule has 1 saturated heterocycles. The zero-order valence-electron chi connectivity index (χ0n) is 21.5. The van der Waals surface area contributed by atoms with Gasteiger partial charge in [-0.2, -0.15) is 10.2 Å². The van der Waals surface area contributed by atoms with Crippen LogP contribution >= 0.6 is 0 Å². The summed E-state index contributed by atoms with van der Waals surface area (Å²) in [5.74, 6) is -0.841. The maximum absolute atomic E-state index is 14.5. The summed E-state index contributed by atoms with van der Waals surface area (Å²) >= 11 is 0. The molecule has 0 saturated carbocycles. The third-order valence-corrected chi connectivity index (χ3v) is 7.43. The summed E-state index contributed by atoms with van der Waals surface area (Å²) in [6, 6.07) is 5.60. The van der Waals surface area contributed by atoms with Crippen molar-refractivity contribution >= 4 is 6.09 Å². The van der Waals surface area contributed by atoms with Crippen LogP contribution in [0.3, 0.4) is 0 Å². The SMILES string of the molecule is CC[C@@]1([C@@H]2CN(C(=O)OC(C)(C)C)CCN2)C[C@H](C(C)C)c2cc(-c3c(F)cccc3F)nnc21. The molecule has 1 aliphatic heterocycles. The molecule has 2 aromatic rings. The van der Waals surface area contributed by atoms with Gasteiger partial charge < -0.3 is 15.0 Å². The van der Waals surface area contributed by atoms with Crippen LogP contribution in [0.2, 0.25) is 0 Å². The second-order valence-electron chi connectivity index (χ2n) is 11.1. The molecule has 190 valence electrons. The van der Waals surface area contributed by atoms with Crippen LogP contribution in [0.25, 0.3) is 11.3 Å². The molecule has 0 spiro atoms. The van der Waals surface area contributed by atoms with E-state index in [1.54, 1.807) is 4.90 Å². The number of fused-ring (bicyclic) bond motifs is 1. The number of ether oxygens (including phenoxy) is 1. The summed E-state index contributed by atoms with van der Waals surface area (Å²) < 4.78 is 34.7. The number of carbonyl (C=O) groups is 1. The molecule has 0 radical (unpaired) electrons. The van der Waals surface area contributed by atoms with Gasteiger partial charge in [0.25, 0.3) is 0 Å². The van der Waals surface area contributed by atoms with Crippen LogP contribution in [0.1, 0.15) is 71.6 Å². The molecule has 35 heavy (non-hydrogen) atoms. The number of amides is 1. The maximum atomic E-state index is 14.5. The molecular formula is C27H36F2N4O2. The number of hydrogen-bond acceptors (Lipinski definition) is 5. The molecule has 1 aliphatic carbocycles. The van der Waals surface area contributed by atoms with Crippen LogP contribution in [0.4, 0.5) is 13.6 Å². The Hall–Kier alpha value is -2.61. The summed E-state index contributed by atoms with van der Waals surface area (Å²) in [7, 11) is 0. The lowest BCUT2D eigenvalue weighted by Gasteiger charge is -2.44. The lowest BCUT2D eigenvalue weighted by molar-refractivity contribution is 0.0152. The highest BCUT2D eigenvalue weighted by atomic mass is 19.1. The molecule has 4 rings (SSSR count). The molecule has 1 amide bonds. The van der Waals surface area contributed by atoms with Crippen LogP contribution < -0.4 is 5.32 Å². The first kappa shape index (κ1) is 25.5. The number of nitrogens with zero attached hydrogens (tertiary/aromatic N) is 3. The molecule has 2 aliphatic rings. The van der Waals surface area contributed by atoms with Crippen LogP contribution in [0.5, 0.6) is 0 Å². The van der Waals surface area contributed by atoms with Crippen LogP contribution in [0, 0.1) is 17.6 Å². The largest absolute Gasteiger partial charge is 0.444 e. The Morgan fingerprint density at radius 2 is 1.94 bits per heavy atom. The van der Waals surface area contributed by atoms with Gasteiger partial charge in [-0.25, -0.2) is 13.6 Å². The van der Waals surface area contributed by atoms with Gasteiger partial charge in [0.1, 0.15) is 17.2 Å². The van der Waals surface area contributed by atoms with Gasteiger partial charge in [0.2, 0.25) is 0 Å². The van der Waals surface area contributed by atoms with Crippen molar-refractivity contribution < 1.29 is 18.3 Å². The summed E-state index contributed by atoms with van der Waals surface area (Å²) in [5, 5.41) is 12.6. The Morgan fingerprint density at radius 1 is 1.26 bits per heavy atom. The molecule has 1 aromatic heterocycles. The highest BCUT2D eigenvalue weighted by Crippen LogP contribution is 2.52. The van der Waals surface area contributed by atoms with Crippen molar-refractivity contribution in [2.75, 3.05) is 19.6 Å².